The van der Waals surface area contributed by atoms with Gasteiger partial charge in [0.2, 0.25) is 0 Å². The fourth-order valence-corrected chi connectivity index (χ4v) is 1.59. The van der Waals surface area contributed by atoms with Crippen molar-refractivity contribution in [3.05, 3.63) is 25.7 Å². The average Bonchev–Trinajstić information content (AvgIpc) is 1.84. The van der Waals surface area contributed by atoms with E-state index in [1.807, 2.05) is 13.0 Å². The van der Waals surface area contributed by atoms with Crippen LogP contribution in [0.15, 0.2) is 16.6 Å². The van der Waals surface area contributed by atoms with Gasteiger partial charge in [-0.2, -0.15) is 0 Å². The van der Waals surface area contributed by atoms with Gasteiger partial charge in [0.1, 0.15) is 5.75 Å². The summed E-state index contributed by atoms with van der Waals surface area (Å²) in [6.45, 7) is 1.88. The van der Waals surface area contributed by atoms with E-state index in [1.54, 1.807) is 6.07 Å². The Bertz CT molecular complexity index is 210. The highest BCUT2D eigenvalue weighted by Crippen LogP contribution is 2.26. The van der Waals surface area contributed by atoms with Gasteiger partial charge in [-0.1, -0.05) is 0 Å². The number of rotatable bonds is 0. The summed E-state index contributed by atoms with van der Waals surface area (Å²) < 4.78 is 2.06. The molecule has 1 nitrogen and oxygen atoms in total. The van der Waals surface area contributed by atoms with E-state index in [1.165, 1.54) is 0 Å². The van der Waals surface area contributed by atoms with Crippen LogP contribution in [0.2, 0.25) is 0 Å². The first-order chi connectivity index (χ1) is 4.61. The lowest BCUT2D eigenvalue weighted by Gasteiger charge is -2.00. The molecule has 1 rings (SSSR count). The molecule has 0 amide bonds. The maximum atomic E-state index is 9.19. The molecule has 0 aliphatic heterocycles. The minimum absolute atomic E-state index is 0.340. The molecular weight excluding hydrogens is 307 g/mol. The number of phenolic OH excluding ortho intramolecular Hbond substituents is 1. The van der Waals surface area contributed by atoms with Gasteiger partial charge in [-0.05, 0) is 63.1 Å². The number of phenols is 1. The Kier molecular flexibility index (Phi) is 2.57. The van der Waals surface area contributed by atoms with Crippen LogP contribution in [0.25, 0.3) is 0 Å². The molecule has 0 saturated carbocycles. The molecule has 1 N–H and O–H groups in total. The molecule has 0 radical (unpaired) electrons. The lowest BCUT2D eigenvalue weighted by Crippen LogP contribution is -1.78. The zero-order valence-corrected chi connectivity index (χ0v) is 9.10. The van der Waals surface area contributed by atoms with Gasteiger partial charge in [0.15, 0.2) is 0 Å². The van der Waals surface area contributed by atoms with Gasteiger partial charge in [-0.15, -0.1) is 0 Å². The largest absolute Gasteiger partial charge is 0.508 e. The first-order valence-corrected chi connectivity index (χ1v) is 4.63. The number of hydrogen-bond acceptors (Lipinski definition) is 1. The molecular formula is C7H6BrIO. The van der Waals surface area contributed by atoms with Gasteiger partial charge in [-0.25, -0.2) is 0 Å². The summed E-state index contributed by atoms with van der Waals surface area (Å²) in [5, 5.41) is 9.19. The number of halogens is 2. The van der Waals surface area contributed by atoms with Crippen molar-refractivity contribution in [2.75, 3.05) is 0 Å². The first-order valence-electron chi connectivity index (χ1n) is 2.76. The molecule has 0 spiro atoms. The van der Waals surface area contributed by atoms with Crippen molar-refractivity contribution in [1.29, 1.82) is 0 Å². The third-order valence-electron chi connectivity index (χ3n) is 1.24. The summed E-state index contributed by atoms with van der Waals surface area (Å²) in [5.74, 6) is 0.340. The Morgan fingerprint density at radius 2 is 2.10 bits per heavy atom. The molecule has 3 heteroatoms. The maximum absolute atomic E-state index is 9.19. The van der Waals surface area contributed by atoms with E-state index < -0.39 is 0 Å². The molecule has 0 unspecified atom stereocenters. The predicted molar refractivity (Wildman–Crippen MR) is 53.3 cm³/mol. The van der Waals surface area contributed by atoms with Gasteiger partial charge in [0, 0.05) is 8.04 Å². The fraction of sp³-hybridized carbons (Fsp3) is 0.143. The number of hydrogen-bond donors (Lipinski definition) is 1. The van der Waals surface area contributed by atoms with Crippen LogP contribution in [0.5, 0.6) is 5.75 Å². The molecule has 0 aliphatic carbocycles. The third-order valence-corrected chi connectivity index (χ3v) is 3.53. The zero-order valence-electron chi connectivity index (χ0n) is 5.36. The monoisotopic (exact) mass is 312 g/mol. The molecule has 0 atom stereocenters. The quantitative estimate of drug-likeness (QED) is 0.730. The summed E-state index contributed by atoms with van der Waals surface area (Å²) >= 11 is 5.52. The lowest BCUT2D eigenvalue weighted by atomic mass is 10.2. The molecule has 1 aromatic carbocycles. The first kappa shape index (κ1) is 8.33. The highest BCUT2D eigenvalue weighted by atomic mass is 127. The van der Waals surface area contributed by atoms with Gasteiger partial charge in [0.25, 0.3) is 0 Å². The predicted octanol–water partition coefficient (Wildman–Crippen LogP) is 3.07. The van der Waals surface area contributed by atoms with Crippen LogP contribution in [-0.4, -0.2) is 5.11 Å². The maximum Gasteiger partial charge on any atom is 0.119 e. The van der Waals surface area contributed by atoms with Crippen molar-refractivity contribution in [3.8, 4) is 5.75 Å². The Morgan fingerprint density at radius 3 is 2.60 bits per heavy atom. The van der Waals surface area contributed by atoms with E-state index in [0.717, 1.165) is 13.6 Å². The van der Waals surface area contributed by atoms with Crippen molar-refractivity contribution < 1.29 is 5.11 Å². The van der Waals surface area contributed by atoms with Crippen LogP contribution in [-0.2, 0) is 0 Å². The van der Waals surface area contributed by atoms with Crippen molar-refractivity contribution in [3.63, 3.8) is 0 Å². The van der Waals surface area contributed by atoms with Crippen LogP contribution in [0.3, 0.4) is 0 Å². The Labute approximate surface area is 81.7 Å². The van der Waals surface area contributed by atoms with Crippen molar-refractivity contribution in [1.82, 2.24) is 0 Å². The highest BCUT2D eigenvalue weighted by Gasteiger charge is 2.00. The van der Waals surface area contributed by atoms with Crippen LogP contribution >= 0.6 is 38.5 Å². The number of benzene rings is 1. The minimum atomic E-state index is 0.340. The number of aromatic hydroxyl groups is 1. The average molecular weight is 313 g/mol. The van der Waals surface area contributed by atoms with Crippen LogP contribution in [0, 0.1) is 10.5 Å². The van der Waals surface area contributed by atoms with Crippen LogP contribution in [0.1, 0.15) is 5.56 Å². The van der Waals surface area contributed by atoms with E-state index in [4.69, 9.17) is 0 Å². The molecule has 0 bridgehead atoms. The van der Waals surface area contributed by atoms with Crippen LogP contribution < -0.4 is 0 Å². The van der Waals surface area contributed by atoms with E-state index in [9.17, 15) is 5.11 Å². The van der Waals surface area contributed by atoms with Gasteiger partial charge >= 0.3 is 0 Å². The van der Waals surface area contributed by atoms with Crippen molar-refractivity contribution in [2.45, 2.75) is 6.92 Å². The van der Waals surface area contributed by atoms with E-state index >= 15 is 0 Å². The summed E-state index contributed by atoms with van der Waals surface area (Å²) in [5.41, 5.74) is 0.910. The summed E-state index contributed by atoms with van der Waals surface area (Å²) in [6.07, 6.45) is 0. The Balaban J connectivity index is 3.28. The molecule has 1 aromatic rings. The number of aryl methyl sites for hydroxylation is 1. The van der Waals surface area contributed by atoms with Crippen LogP contribution in [0.4, 0.5) is 0 Å². The highest BCUT2D eigenvalue weighted by molar-refractivity contribution is 14.1. The Hall–Kier alpha value is 0.230. The second kappa shape index (κ2) is 3.09. The molecule has 54 valence electrons. The van der Waals surface area contributed by atoms with E-state index in [0.29, 0.717) is 5.75 Å². The molecule has 0 saturated heterocycles. The second-order valence-corrected chi connectivity index (χ2v) is 4.07. The molecule has 0 fully saturated rings. The standard InChI is InChI=1S/C7H6BrIO/c1-4-2-6(9)5(8)3-7(4)10/h2-3,10H,1H3. The minimum Gasteiger partial charge on any atom is -0.508 e. The summed E-state index contributed by atoms with van der Waals surface area (Å²) in [7, 11) is 0. The van der Waals surface area contributed by atoms with E-state index in [2.05, 4.69) is 38.5 Å². The topological polar surface area (TPSA) is 20.2 Å². The lowest BCUT2D eigenvalue weighted by molar-refractivity contribution is 0.470. The second-order valence-electron chi connectivity index (χ2n) is 2.05. The fourth-order valence-electron chi connectivity index (χ4n) is 0.636. The normalized spacial score (nSPS) is 9.90. The molecule has 0 aromatic heterocycles. The summed E-state index contributed by atoms with van der Waals surface area (Å²) in [4.78, 5) is 0. The van der Waals surface area contributed by atoms with E-state index in [-0.39, 0.29) is 0 Å². The summed E-state index contributed by atoms with van der Waals surface area (Å²) in [6, 6.07) is 3.64. The smallest absolute Gasteiger partial charge is 0.119 e. The van der Waals surface area contributed by atoms with Crippen molar-refractivity contribution >= 4 is 38.5 Å². The Morgan fingerprint density at radius 1 is 1.50 bits per heavy atom. The SMILES string of the molecule is Cc1cc(I)c(Br)cc1O. The molecule has 10 heavy (non-hydrogen) atoms. The van der Waals surface area contributed by atoms with Gasteiger partial charge in [0.05, 0.1) is 0 Å². The zero-order chi connectivity index (χ0) is 7.72. The third kappa shape index (κ3) is 1.63. The van der Waals surface area contributed by atoms with Gasteiger partial charge in [-0.3, -0.25) is 0 Å². The molecule has 0 heterocycles. The molecule has 0 aliphatic rings. The van der Waals surface area contributed by atoms with Crippen molar-refractivity contribution in [2.24, 2.45) is 0 Å². The van der Waals surface area contributed by atoms with Gasteiger partial charge < -0.3 is 5.11 Å².